The monoisotopic (exact) mass is 578 g/mol. The number of nitrogens with one attached hydrogen (secondary N) is 4. The predicted molar refractivity (Wildman–Crippen MR) is 153 cm³/mol. The molecule has 0 amide bonds. The number of anilines is 3. The molecule has 6 rings (SSSR count). The van der Waals surface area contributed by atoms with Gasteiger partial charge in [0.15, 0.2) is 16.6 Å². The highest BCUT2D eigenvalue weighted by Gasteiger charge is 2.27. The van der Waals surface area contributed by atoms with E-state index in [0.29, 0.717) is 48.1 Å². The Hall–Kier alpha value is -4.76. The second-order valence-corrected chi connectivity index (χ2v) is 11.2. The fourth-order valence-electron chi connectivity index (χ4n) is 4.60. The molecule has 1 saturated heterocycles. The van der Waals surface area contributed by atoms with E-state index < -0.39 is 10.0 Å². The Morgan fingerprint density at radius 3 is 2.42 bits per heavy atom. The molecule has 1 fully saturated rings. The predicted octanol–water partition coefficient (Wildman–Crippen LogP) is 2.05. The molecule has 3 aromatic heterocycles. The molecule has 1 aliphatic heterocycles. The number of piperazine rings is 1. The van der Waals surface area contributed by atoms with E-state index in [4.69, 9.17) is 12.2 Å². The van der Waals surface area contributed by atoms with Gasteiger partial charge in [-0.1, -0.05) is 4.98 Å². The minimum Gasteiger partial charge on any atom is -0.504 e. The van der Waals surface area contributed by atoms with Gasteiger partial charge in [-0.15, -0.1) is 0 Å². The Bertz CT molecular complexity index is 1820. The van der Waals surface area contributed by atoms with Crippen LogP contribution in [0.25, 0.3) is 21.9 Å². The number of hydrogen-bond acceptors (Lipinski definition) is 9. The first-order chi connectivity index (χ1) is 19.3. The van der Waals surface area contributed by atoms with Gasteiger partial charge >= 0.3 is 0 Å². The number of hydrogen-bond donors (Lipinski definition) is 5. The van der Waals surface area contributed by atoms with Crippen molar-refractivity contribution in [1.29, 1.82) is 0 Å². The number of H-pyrrole nitrogens is 2. The van der Waals surface area contributed by atoms with Gasteiger partial charge in [0.2, 0.25) is 23.7 Å². The number of aromatic hydroxyl groups is 2. The van der Waals surface area contributed by atoms with Gasteiger partial charge in [0, 0.05) is 29.5 Å². The summed E-state index contributed by atoms with van der Waals surface area (Å²) in [6, 6.07) is 10.9. The zero-order valence-corrected chi connectivity index (χ0v) is 22.5. The quantitative estimate of drug-likeness (QED) is 0.153. The highest BCUT2D eigenvalue weighted by Crippen LogP contribution is 2.36. The Morgan fingerprint density at radius 1 is 1.00 bits per heavy atom. The van der Waals surface area contributed by atoms with Crippen molar-refractivity contribution in [3.63, 3.8) is 0 Å². The molecular weight excluding hydrogens is 554 g/mol. The van der Waals surface area contributed by atoms with Crippen LogP contribution in [0.4, 0.5) is 17.5 Å². The minimum atomic E-state index is -3.83. The molecule has 4 heterocycles. The van der Waals surface area contributed by atoms with Crippen LogP contribution >= 0.6 is 12.2 Å². The van der Waals surface area contributed by atoms with Crippen molar-refractivity contribution in [3.8, 4) is 11.5 Å². The topological polar surface area (TPSA) is 174 Å². The molecule has 0 atom stereocenters. The molecule has 0 spiro atoms. The number of benzene rings is 2. The zero-order chi connectivity index (χ0) is 27.9. The molecule has 0 bridgehead atoms. The van der Waals surface area contributed by atoms with E-state index in [1.54, 1.807) is 24.5 Å². The van der Waals surface area contributed by atoms with E-state index in [9.17, 15) is 18.6 Å². The van der Waals surface area contributed by atoms with Gasteiger partial charge in [0.05, 0.1) is 36.6 Å². The molecule has 1 aliphatic rings. The van der Waals surface area contributed by atoms with Gasteiger partial charge in [-0.05, 0) is 48.6 Å². The van der Waals surface area contributed by atoms with E-state index >= 15 is 0 Å². The highest BCUT2D eigenvalue weighted by atomic mass is 32.2. The Labute approximate surface area is 233 Å². The van der Waals surface area contributed by atoms with Crippen molar-refractivity contribution in [1.82, 2.24) is 24.8 Å². The maximum Gasteiger partial charge on any atom is 0.264 e. The Kier molecular flexibility index (Phi) is 6.43. The van der Waals surface area contributed by atoms with Crippen LogP contribution in [0.2, 0.25) is 0 Å². The third kappa shape index (κ3) is 4.87. The second kappa shape index (κ2) is 10.1. The van der Waals surface area contributed by atoms with Crippen LogP contribution in [-0.2, 0) is 10.0 Å². The Balaban J connectivity index is 1.11. The molecule has 6 N–H and O–H groups in total. The van der Waals surface area contributed by atoms with Gasteiger partial charge in [-0.25, -0.2) is 28.1 Å². The lowest BCUT2D eigenvalue weighted by Gasteiger charge is -2.34. The van der Waals surface area contributed by atoms with Crippen molar-refractivity contribution < 1.29 is 23.6 Å². The summed E-state index contributed by atoms with van der Waals surface area (Å²) in [6.45, 7) is 2.62. The average molecular weight is 579 g/mol. The van der Waals surface area contributed by atoms with Gasteiger partial charge in [-0.2, -0.15) is 0 Å². The number of aromatic amines is 2. The van der Waals surface area contributed by atoms with Crippen LogP contribution in [0, 0.1) is 0 Å². The molecule has 15 heteroatoms. The maximum atomic E-state index is 12.6. The second-order valence-electron chi connectivity index (χ2n) is 9.09. The fourth-order valence-corrected chi connectivity index (χ4v) is 5.86. The average Bonchev–Trinajstić information content (AvgIpc) is 3.31. The maximum absolute atomic E-state index is 12.6. The van der Waals surface area contributed by atoms with Crippen molar-refractivity contribution in [2.24, 2.45) is 0 Å². The van der Waals surface area contributed by atoms with E-state index in [1.165, 1.54) is 36.7 Å². The van der Waals surface area contributed by atoms with Gasteiger partial charge < -0.3 is 25.4 Å². The van der Waals surface area contributed by atoms with Crippen molar-refractivity contribution in [2.45, 2.75) is 4.90 Å². The zero-order valence-electron chi connectivity index (χ0n) is 20.9. The van der Waals surface area contributed by atoms with E-state index in [-0.39, 0.29) is 22.3 Å². The minimum absolute atomic E-state index is 0.00254. The molecule has 0 saturated carbocycles. The molecule has 13 nitrogen and oxygen atoms in total. The summed E-state index contributed by atoms with van der Waals surface area (Å²) in [6.07, 6.45) is 4.52. The van der Waals surface area contributed by atoms with Gasteiger partial charge in [-0.3, -0.25) is 4.90 Å². The summed E-state index contributed by atoms with van der Waals surface area (Å²) in [7, 11) is -3.83. The highest BCUT2D eigenvalue weighted by molar-refractivity contribution is 7.92. The lowest BCUT2D eigenvalue weighted by atomic mass is 10.1. The number of rotatable bonds is 5. The SMILES string of the molecule is O=S(=O)(Nc1ncccn1)c1ccc(NC(=S)N2CCN(c3[nH+]cnc4[nH]c5cc(O)c(O)cc5c34)CC2)cc1. The largest absolute Gasteiger partial charge is 0.504 e. The van der Waals surface area contributed by atoms with Crippen molar-refractivity contribution in [2.75, 3.05) is 41.1 Å². The molecule has 0 aliphatic carbocycles. The smallest absolute Gasteiger partial charge is 0.264 e. The van der Waals surface area contributed by atoms with Gasteiger partial charge in [0.1, 0.15) is 5.39 Å². The first-order valence-electron chi connectivity index (χ1n) is 12.2. The molecular formula is C25H24N9O4S2+. The lowest BCUT2D eigenvalue weighted by Crippen LogP contribution is -2.51. The number of phenols is 2. The molecule has 0 radical (unpaired) electrons. The van der Waals surface area contributed by atoms with Crippen molar-refractivity contribution in [3.05, 3.63) is 61.2 Å². The summed E-state index contributed by atoms with van der Waals surface area (Å²) >= 11 is 5.63. The van der Waals surface area contributed by atoms with Crippen LogP contribution in [0.5, 0.6) is 11.5 Å². The van der Waals surface area contributed by atoms with Crippen LogP contribution in [0.15, 0.2) is 66.1 Å². The molecule has 5 aromatic rings. The first-order valence-corrected chi connectivity index (χ1v) is 14.1. The van der Waals surface area contributed by atoms with Crippen molar-refractivity contribution >= 4 is 66.7 Å². The van der Waals surface area contributed by atoms with Crippen LogP contribution < -0.4 is 19.9 Å². The van der Waals surface area contributed by atoms with E-state index in [0.717, 1.165) is 16.6 Å². The van der Waals surface area contributed by atoms with E-state index in [2.05, 4.69) is 39.9 Å². The number of aromatic nitrogens is 5. The molecule has 40 heavy (non-hydrogen) atoms. The third-order valence-electron chi connectivity index (χ3n) is 6.60. The first kappa shape index (κ1) is 25.5. The van der Waals surface area contributed by atoms with Crippen LogP contribution in [0.3, 0.4) is 0 Å². The summed E-state index contributed by atoms with van der Waals surface area (Å²) < 4.78 is 27.6. The normalized spacial score (nSPS) is 14.0. The standard InChI is InChI=1S/C25H23N9O4S2/c35-19-12-17-18(13-20(19)36)31-22-21(17)23(29-14-28-22)33-8-10-34(11-9-33)25(39)30-15-2-4-16(5-3-15)40(37,38)32-24-26-6-1-7-27-24/h1-7,12-14,35-36H,8-11H2,(H,30,39)(H,26,27,32)(H,28,29,31)/p+1. The number of thiocarbonyl (C=S) groups is 1. The summed E-state index contributed by atoms with van der Waals surface area (Å²) in [5.74, 6) is 0.453. The number of fused-ring (bicyclic) bond motifs is 3. The van der Waals surface area contributed by atoms with Crippen LogP contribution in [-0.4, -0.2) is 74.8 Å². The number of nitrogens with zero attached hydrogens (tertiary/aromatic N) is 5. The fraction of sp³-hybridized carbons (Fsp3) is 0.160. The van der Waals surface area contributed by atoms with Crippen LogP contribution in [0.1, 0.15) is 0 Å². The number of sulfonamides is 1. The number of phenolic OH excluding ortho intramolecular Hbond substituents is 2. The molecule has 2 aromatic carbocycles. The summed E-state index contributed by atoms with van der Waals surface area (Å²) in [5, 5.41) is 25.2. The third-order valence-corrected chi connectivity index (χ3v) is 8.30. The van der Waals surface area contributed by atoms with Gasteiger partial charge in [0.25, 0.3) is 10.0 Å². The molecule has 204 valence electrons. The van der Waals surface area contributed by atoms with E-state index in [1.807, 2.05) is 4.90 Å². The lowest BCUT2D eigenvalue weighted by molar-refractivity contribution is -0.367. The summed E-state index contributed by atoms with van der Waals surface area (Å²) in [5.41, 5.74) is 1.98. The summed E-state index contributed by atoms with van der Waals surface area (Å²) in [4.78, 5) is 22.9. The molecule has 0 unspecified atom stereocenters. The Morgan fingerprint density at radius 2 is 1.70 bits per heavy atom.